The van der Waals surface area contributed by atoms with Gasteiger partial charge in [0.05, 0.1) is 83.5 Å². The Balaban J connectivity index is 0.795. The summed E-state index contributed by atoms with van der Waals surface area (Å²) in [6, 6.07) is 90.6. The van der Waals surface area contributed by atoms with Crippen LogP contribution in [0.4, 0.5) is 0 Å². The van der Waals surface area contributed by atoms with E-state index in [1.54, 1.807) is 0 Å². The van der Waals surface area contributed by atoms with E-state index in [0.29, 0.717) is 34.1 Å². The molecule has 8 aromatic heterocycles. The van der Waals surface area contributed by atoms with E-state index in [9.17, 15) is 10.5 Å². The molecule has 10 heteroatoms. The molecule has 8 heterocycles. The second-order valence-corrected chi connectivity index (χ2v) is 23.9. The summed E-state index contributed by atoms with van der Waals surface area (Å²) >= 11 is 0. The fourth-order valence-electron chi connectivity index (χ4n) is 15.8. The van der Waals surface area contributed by atoms with Gasteiger partial charge in [-0.3, -0.25) is 9.13 Å². The molecule has 10 nitrogen and oxygen atoms in total. The van der Waals surface area contributed by atoms with Crippen LogP contribution in [-0.4, -0.2) is 37.9 Å². The lowest BCUT2D eigenvalue weighted by atomic mass is 9.98. The lowest BCUT2D eigenvalue weighted by Gasteiger charge is -2.13. The number of benzene rings is 13. The number of fused-ring (bicyclic) bond motifs is 26. The van der Waals surface area contributed by atoms with E-state index in [-0.39, 0.29) is 0 Å². The van der Waals surface area contributed by atoms with Crippen molar-refractivity contribution >= 4 is 163 Å². The zero-order valence-corrected chi connectivity index (χ0v) is 47.6. The highest BCUT2D eigenvalue weighted by Crippen LogP contribution is 2.51. The van der Waals surface area contributed by atoms with Gasteiger partial charge in [-0.05, 0) is 88.6 Å². The Labute approximate surface area is 509 Å². The number of hydrogen-bond acceptors (Lipinski definition) is 6. The summed E-state index contributed by atoms with van der Waals surface area (Å²) in [5, 5.41) is 40.8. The standard InChI is InChI=1S/C80H40N10/c81-41-43-25-27-46(28-26-43)74-53-19-5-9-21-61(53)83-80(86-74)90-69-40-59-52-18-7-11-23-65(52)88-67-38-48(31-33-55(67)73(78(59)88)71(69)57-35-30-45-14-2-4-16-50(45)76(57)90)47-32-36-62-60(37-47)63(42-82)85-79(84-62)89-68-39-58-51-17-6-10-22-64(51)87-66-24-12-8-20-54(66)72(77(58)87)70(68)56-34-29-44-13-1-3-15-49(44)75(56)89/h1-40H. The van der Waals surface area contributed by atoms with E-state index in [0.717, 1.165) is 142 Å². The van der Waals surface area contributed by atoms with E-state index < -0.39 is 0 Å². The number of para-hydroxylation sites is 4. The molecular formula is C80H40N10. The van der Waals surface area contributed by atoms with Crippen molar-refractivity contribution in [3.05, 3.63) is 254 Å². The number of nitriles is 2. The van der Waals surface area contributed by atoms with E-state index >= 15 is 0 Å². The summed E-state index contributed by atoms with van der Waals surface area (Å²) in [5.41, 5.74) is 16.9. The predicted molar refractivity (Wildman–Crippen MR) is 366 cm³/mol. The first kappa shape index (κ1) is 47.5. The Kier molecular flexibility index (Phi) is 8.98. The molecule has 0 unspecified atom stereocenters. The quantitative estimate of drug-likeness (QED) is 0.173. The van der Waals surface area contributed by atoms with Crippen LogP contribution in [0.1, 0.15) is 11.3 Å². The van der Waals surface area contributed by atoms with E-state index in [1.165, 1.54) is 32.7 Å². The molecule has 90 heavy (non-hydrogen) atoms. The molecule has 0 aliphatic rings. The highest BCUT2D eigenvalue weighted by molar-refractivity contribution is 6.39. The monoisotopic (exact) mass is 1140 g/mol. The minimum atomic E-state index is 0.303. The second-order valence-electron chi connectivity index (χ2n) is 23.9. The van der Waals surface area contributed by atoms with E-state index in [2.05, 4.69) is 236 Å². The van der Waals surface area contributed by atoms with Crippen LogP contribution in [0.3, 0.4) is 0 Å². The van der Waals surface area contributed by atoms with Crippen LogP contribution in [0.15, 0.2) is 243 Å². The summed E-state index contributed by atoms with van der Waals surface area (Å²) in [4.78, 5) is 21.7. The SMILES string of the molecule is N#Cc1ccc(-c2nc(-n3c4cc5c6ccccc6n6c7cc(-c8ccc9nc(-n%10c%11cc%12c%13ccccc%13n%13c%14ccccc%14c(c%11c%11ccc%14ccccc%14c%11%10)c%12%13)nc(C#N)c9c8)ccc7c(c4c4ccc7ccccc7c43)c56)nc3ccccc23)cc1. The lowest BCUT2D eigenvalue weighted by molar-refractivity contribution is 1.01. The van der Waals surface area contributed by atoms with E-state index in [1.807, 2.05) is 36.4 Å². The number of nitrogens with zero attached hydrogens (tertiary/aromatic N) is 10. The van der Waals surface area contributed by atoms with E-state index in [4.69, 9.17) is 19.9 Å². The van der Waals surface area contributed by atoms with Gasteiger partial charge < -0.3 is 8.80 Å². The van der Waals surface area contributed by atoms with Crippen LogP contribution in [0.25, 0.3) is 197 Å². The van der Waals surface area contributed by atoms with Gasteiger partial charge in [-0.2, -0.15) is 10.5 Å². The summed E-state index contributed by atoms with van der Waals surface area (Å²) in [7, 11) is 0. The van der Waals surface area contributed by atoms with Gasteiger partial charge in [0, 0.05) is 91.7 Å². The average molecular weight is 1140 g/mol. The van der Waals surface area contributed by atoms with Crippen molar-refractivity contribution in [2.45, 2.75) is 0 Å². The molecule has 0 aliphatic carbocycles. The van der Waals surface area contributed by atoms with Crippen molar-refractivity contribution in [3.8, 4) is 46.4 Å². The first-order valence-electron chi connectivity index (χ1n) is 30.2. The highest BCUT2D eigenvalue weighted by atomic mass is 15.2. The smallest absolute Gasteiger partial charge is 0.236 e. The Bertz CT molecular complexity index is 6930. The van der Waals surface area contributed by atoms with Gasteiger partial charge in [-0.15, -0.1) is 0 Å². The van der Waals surface area contributed by atoms with Crippen molar-refractivity contribution in [2.24, 2.45) is 0 Å². The van der Waals surface area contributed by atoms with Gasteiger partial charge in [0.15, 0.2) is 5.69 Å². The fraction of sp³-hybridized carbons (Fsp3) is 0. The Morgan fingerprint density at radius 1 is 0.278 bits per heavy atom. The molecule has 0 radical (unpaired) electrons. The molecule has 0 N–H and O–H groups in total. The average Bonchev–Trinajstić information content (AvgIpc) is 1.53. The van der Waals surface area contributed by atoms with Gasteiger partial charge in [0.25, 0.3) is 0 Å². The van der Waals surface area contributed by atoms with Crippen molar-refractivity contribution in [3.63, 3.8) is 0 Å². The molecule has 0 spiro atoms. The van der Waals surface area contributed by atoms with Crippen molar-refractivity contribution in [2.75, 3.05) is 0 Å². The zero-order valence-electron chi connectivity index (χ0n) is 47.6. The third kappa shape index (κ3) is 5.98. The fourth-order valence-corrected chi connectivity index (χ4v) is 15.8. The first-order valence-corrected chi connectivity index (χ1v) is 30.2. The Morgan fingerprint density at radius 3 is 1.36 bits per heavy atom. The van der Waals surface area contributed by atoms with Crippen LogP contribution in [0, 0.1) is 22.7 Å². The minimum absolute atomic E-state index is 0.303. The van der Waals surface area contributed by atoms with Gasteiger partial charge >= 0.3 is 0 Å². The molecule has 0 saturated heterocycles. The Hall–Kier alpha value is -12.8. The summed E-state index contributed by atoms with van der Waals surface area (Å²) in [6.45, 7) is 0. The highest BCUT2D eigenvalue weighted by Gasteiger charge is 2.29. The molecule has 21 rings (SSSR count). The molecule has 0 atom stereocenters. The second kappa shape index (κ2) is 17.0. The van der Waals surface area contributed by atoms with Gasteiger partial charge in [-0.25, -0.2) is 19.9 Å². The molecular weight excluding hydrogens is 1100 g/mol. The van der Waals surface area contributed by atoms with Gasteiger partial charge in [-0.1, -0.05) is 176 Å². The zero-order chi connectivity index (χ0) is 58.8. The molecule has 0 saturated carbocycles. The normalized spacial score (nSPS) is 12.4. The Morgan fingerprint density at radius 2 is 0.744 bits per heavy atom. The van der Waals surface area contributed by atoms with Crippen LogP contribution >= 0.6 is 0 Å². The van der Waals surface area contributed by atoms with Crippen LogP contribution < -0.4 is 0 Å². The third-order valence-electron chi connectivity index (χ3n) is 19.5. The maximum absolute atomic E-state index is 11.3. The maximum Gasteiger partial charge on any atom is 0.236 e. The molecule has 13 aromatic carbocycles. The van der Waals surface area contributed by atoms with Crippen molar-refractivity contribution in [1.82, 2.24) is 37.9 Å². The molecule has 0 amide bonds. The predicted octanol–water partition coefficient (Wildman–Crippen LogP) is 19.5. The first-order chi connectivity index (χ1) is 44.6. The topological polar surface area (TPSA) is 118 Å². The van der Waals surface area contributed by atoms with Crippen LogP contribution in [-0.2, 0) is 0 Å². The van der Waals surface area contributed by atoms with Crippen LogP contribution in [0.2, 0.25) is 0 Å². The van der Waals surface area contributed by atoms with Gasteiger partial charge in [0.2, 0.25) is 11.9 Å². The summed E-state index contributed by atoms with van der Waals surface area (Å²) < 4.78 is 9.37. The molecule has 21 aromatic rings. The number of rotatable bonds is 4. The summed E-state index contributed by atoms with van der Waals surface area (Å²) in [6.07, 6.45) is 0. The number of hydrogen-bond donors (Lipinski definition) is 0. The number of aromatic nitrogens is 8. The van der Waals surface area contributed by atoms with Crippen LogP contribution in [0.5, 0.6) is 0 Å². The third-order valence-corrected chi connectivity index (χ3v) is 19.5. The van der Waals surface area contributed by atoms with Crippen molar-refractivity contribution < 1.29 is 0 Å². The molecule has 0 bridgehead atoms. The van der Waals surface area contributed by atoms with Gasteiger partial charge in [0.1, 0.15) is 6.07 Å². The van der Waals surface area contributed by atoms with Crippen molar-refractivity contribution in [1.29, 1.82) is 10.5 Å². The maximum atomic E-state index is 11.3. The lowest BCUT2D eigenvalue weighted by Crippen LogP contribution is -2.04. The molecule has 0 fully saturated rings. The minimum Gasteiger partial charge on any atom is -0.308 e. The molecule has 410 valence electrons. The molecule has 0 aliphatic heterocycles. The summed E-state index contributed by atoms with van der Waals surface area (Å²) in [5.74, 6) is 1.01. The largest absolute Gasteiger partial charge is 0.308 e.